The van der Waals surface area contributed by atoms with Crippen LogP contribution in [0, 0.1) is 0 Å². The third kappa shape index (κ3) is 2.94. The second kappa shape index (κ2) is 5.44. The summed E-state index contributed by atoms with van der Waals surface area (Å²) >= 11 is 1.88. The molecule has 0 aliphatic carbocycles. The maximum absolute atomic E-state index is 12.0. The zero-order valence-corrected chi connectivity index (χ0v) is 10.8. The number of carbonyl (C=O) groups is 1. The number of amides is 1. The van der Waals surface area contributed by atoms with Crippen molar-refractivity contribution in [2.24, 2.45) is 0 Å². The van der Waals surface area contributed by atoms with Gasteiger partial charge in [-0.1, -0.05) is 0 Å². The molecule has 6 heteroatoms. The molecule has 1 aliphatic heterocycles. The van der Waals surface area contributed by atoms with Crippen molar-refractivity contribution in [2.75, 3.05) is 17.2 Å². The van der Waals surface area contributed by atoms with Crippen LogP contribution in [-0.2, 0) is 6.54 Å². The molecule has 0 saturated carbocycles. The molecule has 1 aliphatic rings. The van der Waals surface area contributed by atoms with E-state index in [9.17, 15) is 4.79 Å². The minimum absolute atomic E-state index is 0.151. The van der Waals surface area contributed by atoms with Gasteiger partial charge in [0.15, 0.2) is 5.69 Å². The average Bonchev–Trinajstić information content (AvgIpc) is 2.72. The molecular weight excluding hydrogens is 236 g/mol. The minimum atomic E-state index is -0.151. The van der Waals surface area contributed by atoms with Crippen molar-refractivity contribution in [1.29, 1.82) is 0 Å². The highest BCUT2D eigenvalue weighted by Crippen LogP contribution is 2.18. The summed E-state index contributed by atoms with van der Waals surface area (Å²) in [6, 6.07) is 0.257. The molecule has 1 saturated heterocycles. The molecule has 1 unspecified atom stereocenters. The van der Waals surface area contributed by atoms with Crippen LogP contribution in [0.3, 0.4) is 0 Å². The lowest BCUT2D eigenvalue weighted by Gasteiger charge is -2.21. The predicted octanol–water partition coefficient (Wildman–Crippen LogP) is 1.11. The van der Waals surface area contributed by atoms with Gasteiger partial charge in [0.05, 0.1) is 5.69 Å². The quantitative estimate of drug-likeness (QED) is 0.847. The van der Waals surface area contributed by atoms with Gasteiger partial charge in [0.25, 0.3) is 5.91 Å². The molecule has 2 heterocycles. The van der Waals surface area contributed by atoms with E-state index in [1.807, 2.05) is 18.7 Å². The Morgan fingerprint density at radius 1 is 1.76 bits per heavy atom. The number of nitrogens with two attached hydrogens (primary N) is 1. The molecule has 0 aromatic carbocycles. The fourth-order valence-electron chi connectivity index (χ4n) is 1.88. The maximum atomic E-state index is 12.0. The van der Waals surface area contributed by atoms with Crippen LogP contribution in [0.25, 0.3) is 0 Å². The Morgan fingerprint density at radius 2 is 2.59 bits per heavy atom. The third-order valence-electron chi connectivity index (χ3n) is 2.82. The van der Waals surface area contributed by atoms with Crippen LogP contribution in [0.15, 0.2) is 6.20 Å². The number of aromatic nitrogens is 2. The number of carbonyl (C=O) groups excluding carboxylic acids is 1. The fourth-order valence-corrected chi connectivity index (χ4v) is 2.96. The normalized spacial score (nSPS) is 20.2. The fraction of sp³-hybridized carbons (Fsp3) is 0.636. The van der Waals surface area contributed by atoms with Gasteiger partial charge < -0.3 is 11.1 Å². The van der Waals surface area contributed by atoms with E-state index in [1.165, 1.54) is 5.75 Å². The van der Waals surface area contributed by atoms with E-state index in [-0.39, 0.29) is 11.9 Å². The summed E-state index contributed by atoms with van der Waals surface area (Å²) in [5.41, 5.74) is 6.57. The SMILES string of the molecule is CCn1cc(N)c(C(=O)NC2CCCSC2)n1. The Balaban J connectivity index is 2.00. The molecule has 1 fully saturated rings. The summed E-state index contributed by atoms with van der Waals surface area (Å²) < 4.78 is 1.68. The van der Waals surface area contributed by atoms with E-state index in [0.29, 0.717) is 11.4 Å². The van der Waals surface area contributed by atoms with E-state index in [4.69, 9.17) is 5.73 Å². The topological polar surface area (TPSA) is 72.9 Å². The zero-order valence-electron chi connectivity index (χ0n) is 9.98. The van der Waals surface area contributed by atoms with Crippen molar-refractivity contribution < 1.29 is 4.79 Å². The molecule has 5 nitrogen and oxygen atoms in total. The lowest BCUT2D eigenvalue weighted by Crippen LogP contribution is -2.38. The van der Waals surface area contributed by atoms with Crippen LogP contribution in [0.1, 0.15) is 30.3 Å². The van der Waals surface area contributed by atoms with Crippen molar-refractivity contribution in [3.05, 3.63) is 11.9 Å². The average molecular weight is 254 g/mol. The predicted molar refractivity (Wildman–Crippen MR) is 70.1 cm³/mol. The highest BCUT2D eigenvalue weighted by molar-refractivity contribution is 7.99. The monoisotopic (exact) mass is 254 g/mol. The van der Waals surface area contributed by atoms with E-state index < -0.39 is 0 Å². The van der Waals surface area contributed by atoms with Crippen molar-refractivity contribution in [3.63, 3.8) is 0 Å². The van der Waals surface area contributed by atoms with E-state index in [1.54, 1.807) is 10.9 Å². The zero-order chi connectivity index (χ0) is 12.3. The van der Waals surface area contributed by atoms with Crippen LogP contribution in [0.4, 0.5) is 5.69 Å². The second-order valence-electron chi connectivity index (χ2n) is 4.18. The van der Waals surface area contributed by atoms with Gasteiger partial charge in [0, 0.05) is 24.5 Å². The van der Waals surface area contributed by atoms with Gasteiger partial charge in [-0.15, -0.1) is 0 Å². The molecule has 1 aromatic heterocycles. The van der Waals surface area contributed by atoms with Crippen LogP contribution in [0.5, 0.6) is 0 Å². The van der Waals surface area contributed by atoms with Gasteiger partial charge in [0.2, 0.25) is 0 Å². The van der Waals surface area contributed by atoms with Crippen LogP contribution < -0.4 is 11.1 Å². The molecule has 3 N–H and O–H groups in total. The molecule has 0 spiro atoms. The Kier molecular flexibility index (Phi) is 3.93. The number of nitrogens with zero attached hydrogens (tertiary/aromatic N) is 2. The molecule has 1 atom stereocenters. The van der Waals surface area contributed by atoms with Crippen molar-refractivity contribution >= 4 is 23.4 Å². The smallest absolute Gasteiger partial charge is 0.274 e. The summed E-state index contributed by atoms with van der Waals surface area (Å²) in [6.07, 6.45) is 3.91. The van der Waals surface area contributed by atoms with E-state index in [2.05, 4.69) is 10.4 Å². The Labute approximate surface area is 105 Å². The van der Waals surface area contributed by atoms with Gasteiger partial charge in [-0.25, -0.2) is 0 Å². The summed E-state index contributed by atoms with van der Waals surface area (Å²) in [6.45, 7) is 2.68. The summed E-state index contributed by atoms with van der Waals surface area (Å²) in [4.78, 5) is 12.0. The largest absolute Gasteiger partial charge is 0.396 e. The first-order valence-electron chi connectivity index (χ1n) is 5.92. The number of nitrogen functional groups attached to an aromatic ring is 1. The molecular formula is C11H18N4OS. The summed E-state index contributed by atoms with van der Waals surface area (Å²) in [5, 5.41) is 7.16. The Hall–Kier alpha value is -1.17. The number of thioether (sulfide) groups is 1. The lowest BCUT2D eigenvalue weighted by atomic mass is 10.2. The maximum Gasteiger partial charge on any atom is 0.274 e. The molecule has 1 aromatic rings. The Bertz CT molecular complexity index is 398. The van der Waals surface area contributed by atoms with Crippen molar-refractivity contribution in [3.8, 4) is 0 Å². The molecule has 1 amide bonds. The molecule has 0 bridgehead atoms. The van der Waals surface area contributed by atoms with Gasteiger partial charge in [-0.2, -0.15) is 16.9 Å². The highest BCUT2D eigenvalue weighted by atomic mass is 32.2. The number of aryl methyl sites for hydroxylation is 1. The van der Waals surface area contributed by atoms with Gasteiger partial charge >= 0.3 is 0 Å². The summed E-state index contributed by atoms with van der Waals surface area (Å²) in [7, 11) is 0. The highest BCUT2D eigenvalue weighted by Gasteiger charge is 2.20. The van der Waals surface area contributed by atoms with Crippen LogP contribution in [-0.4, -0.2) is 33.2 Å². The first-order chi connectivity index (χ1) is 8.20. The minimum Gasteiger partial charge on any atom is -0.396 e. The van der Waals surface area contributed by atoms with Crippen molar-refractivity contribution in [1.82, 2.24) is 15.1 Å². The molecule has 17 heavy (non-hydrogen) atoms. The molecule has 0 radical (unpaired) electrons. The third-order valence-corrected chi connectivity index (χ3v) is 4.04. The van der Waals surface area contributed by atoms with Crippen LogP contribution >= 0.6 is 11.8 Å². The van der Waals surface area contributed by atoms with Gasteiger partial charge in [-0.05, 0) is 25.5 Å². The number of hydrogen-bond acceptors (Lipinski definition) is 4. The van der Waals surface area contributed by atoms with Crippen LogP contribution in [0.2, 0.25) is 0 Å². The first kappa shape index (κ1) is 12.3. The van der Waals surface area contributed by atoms with Gasteiger partial charge in [-0.3, -0.25) is 9.48 Å². The molecule has 2 rings (SSSR count). The number of nitrogens with one attached hydrogen (secondary N) is 1. The number of anilines is 1. The van der Waals surface area contributed by atoms with Gasteiger partial charge in [0.1, 0.15) is 0 Å². The first-order valence-corrected chi connectivity index (χ1v) is 7.07. The van der Waals surface area contributed by atoms with E-state index >= 15 is 0 Å². The Morgan fingerprint density at radius 3 is 3.18 bits per heavy atom. The summed E-state index contributed by atoms with van der Waals surface area (Å²) in [5.74, 6) is 2.03. The standard InChI is InChI=1S/C11H18N4OS/c1-2-15-6-9(12)10(14-15)11(16)13-8-4-3-5-17-7-8/h6,8H,2-5,7,12H2,1H3,(H,13,16). The number of hydrogen-bond donors (Lipinski definition) is 2. The van der Waals surface area contributed by atoms with Crippen molar-refractivity contribution in [2.45, 2.75) is 32.4 Å². The van der Waals surface area contributed by atoms with E-state index in [0.717, 1.165) is 25.1 Å². The second-order valence-corrected chi connectivity index (χ2v) is 5.33. The lowest BCUT2D eigenvalue weighted by molar-refractivity contribution is 0.0933. The number of rotatable bonds is 3. The molecule has 94 valence electrons.